The molecule has 0 atom stereocenters. The summed E-state index contributed by atoms with van der Waals surface area (Å²) in [4.78, 5) is 4.62. The summed E-state index contributed by atoms with van der Waals surface area (Å²) in [7, 11) is 1.84. The van der Waals surface area contributed by atoms with E-state index in [4.69, 9.17) is 10.4 Å². The maximum absolute atomic E-state index is 15.2. The first-order valence-corrected chi connectivity index (χ1v) is 11.1. The number of aromatic nitrogens is 3. The van der Waals surface area contributed by atoms with Crippen LogP contribution in [-0.2, 0) is 25.8 Å². The lowest BCUT2D eigenvalue weighted by atomic mass is 9.92. The fourth-order valence-corrected chi connectivity index (χ4v) is 4.49. The predicted molar refractivity (Wildman–Crippen MR) is 130 cm³/mol. The van der Waals surface area contributed by atoms with Crippen LogP contribution in [0.5, 0.6) is 0 Å². The van der Waals surface area contributed by atoms with Crippen LogP contribution in [0.3, 0.4) is 0 Å². The Labute approximate surface area is 196 Å². The highest BCUT2D eigenvalue weighted by Crippen LogP contribution is 2.37. The second-order valence-corrected chi connectivity index (χ2v) is 8.42. The third-order valence-corrected chi connectivity index (χ3v) is 6.28. The first-order chi connectivity index (χ1) is 16.4. The highest BCUT2D eigenvalue weighted by atomic mass is 19.3. The van der Waals surface area contributed by atoms with Gasteiger partial charge in [-0.2, -0.15) is 10.4 Å². The van der Waals surface area contributed by atoms with Gasteiger partial charge in [-0.1, -0.05) is 49.4 Å². The molecule has 0 aliphatic rings. The molecule has 0 fully saturated rings. The van der Waals surface area contributed by atoms with Crippen LogP contribution in [0.1, 0.15) is 29.2 Å². The lowest BCUT2D eigenvalue weighted by Gasteiger charge is -2.19. The second kappa shape index (κ2) is 8.35. The molecule has 5 rings (SSSR count). The van der Waals surface area contributed by atoms with Gasteiger partial charge in [-0.25, -0.2) is 8.78 Å². The van der Waals surface area contributed by atoms with Gasteiger partial charge in [0.15, 0.2) is 0 Å². The molecule has 4 nitrogen and oxygen atoms in total. The van der Waals surface area contributed by atoms with Crippen molar-refractivity contribution in [3.63, 3.8) is 0 Å². The molecular formula is C28H22F2N4. The zero-order chi connectivity index (χ0) is 23.9. The number of benzene rings is 3. The molecule has 2 aromatic heterocycles. The third kappa shape index (κ3) is 3.69. The van der Waals surface area contributed by atoms with Gasteiger partial charge in [0.2, 0.25) is 0 Å². The number of nitriles is 1. The molecule has 0 N–H and O–H groups in total. The lowest BCUT2D eigenvalue weighted by Crippen LogP contribution is -2.18. The zero-order valence-corrected chi connectivity index (χ0v) is 18.9. The summed E-state index contributed by atoms with van der Waals surface area (Å²) < 4.78 is 32.2. The fraction of sp³-hybridized carbons (Fsp3) is 0.179. The van der Waals surface area contributed by atoms with Gasteiger partial charge in [-0.05, 0) is 41.8 Å². The summed E-state index contributed by atoms with van der Waals surface area (Å²) in [6, 6.07) is 21.1. The largest absolute Gasteiger partial charge is 0.277 e. The van der Waals surface area contributed by atoms with Crippen molar-refractivity contribution < 1.29 is 8.78 Å². The van der Waals surface area contributed by atoms with E-state index in [-0.39, 0.29) is 12.0 Å². The minimum absolute atomic E-state index is 0.00753. The Hall–Kier alpha value is -4.11. The van der Waals surface area contributed by atoms with E-state index < -0.39 is 5.92 Å². The highest BCUT2D eigenvalue weighted by Gasteiger charge is 2.32. The SMILES string of the molecule is CCc1cc2ncc3c(c(-c4ccc(C#N)cc4)nn3C)c2cc1CC(F)(F)c1ccccc1. The monoisotopic (exact) mass is 452 g/mol. The Morgan fingerprint density at radius 1 is 1.00 bits per heavy atom. The van der Waals surface area contributed by atoms with E-state index in [1.807, 2.05) is 38.2 Å². The molecule has 168 valence electrons. The molecule has 0 aliphatic carbocycles. The smallest absolute Gasteiger partial charge is 0.266 e. The van der Waals surface area contributed by atoms with E-state index in [9.17, 15) is 0 Å². The zero-order valence-electron chi connectivity index (χ0n) is 18.9. The van der Waals surface area contributed by atoms with Crippen molar-refractivity contribution in [2.75, 3.05) is 0 Å². The summed E-state index contributed by atoms with van der Waals surface area (Å²) in [6.45, 7) is 1.97. The normalized spacial score (nSPS) is 11.7. The van der Waals surface area contributed by atoms with Crippen LogP contribution in [0.25, 0.3) is 33.1 Å². The number of halogens is 2. The molecule has 0 aliphatic heterocycles. The number of aryl methyl sites for hydroxylation is 2. The minimum atomic E-state index is -2.99. The standard InChI is InChI=1S/C28H22F2N4/c1-3-19-14-24-23(13-21(19)15-28(29,30)22-7-5-4-6-8-22)26-25(17-32-24)34(2)33-27(26)20-11-9-18(16-31)10-12-20/h4-14,17H,3,15H2,1-2H3. The Morgan fingerprint density at radius 3 is 2.41 bits per heavy atom. The van der Waals surface area contributed by atoms with Crippen LogP contribution >= 0.6 is 0 Å². The molecule has 2 heterocycles. The van der Waals surface area contributed by atoms with E-state index in [0.29, 0.717) is 17.5 Å². The second-order valence-electron chi connectivity index (χ2n) is 8.42. The number of nitrogens with zero attached hydrogens (tertiary/aromatic N) is 4. The molecule has 6 heteroatoms. The maximum atomic E-state index is 15.2. The topological polar surface area (TPSA) is 54.5 Å². The number of fused-ring (bicyclic) bond motifs is 3. The van der Waals surface area contributed by atoms with E-state index in [1.54, 1.807) is 41.2 Å². The van der Waals surface area contributed by atoms with E-state index in [0.717, 1.165) is 38.6 Å². The Morgan fingerprint density at radius 2 is 1.74 bits per heavy atom. The number of pyridine rings is 1. The van der Waals surface area contributed by atoms with Crippen molar-refractivity contribution in [3.05, 3.63) is 95.2 Å². The molecule has 3 aromatic carbocycles. The lowest BCUT2D eigenvalue weighted by molar-refractivity contribution is -0.00398. The number of rotatable bonds is 5. The summed E-state index contributed by atoms with van der Waals surface area (Å²) in [5.41, 5.74) is 5.19. The van der Waals surface area contributed by atoms with Gasteiger partial charge in [0, 0.05) is 35.4 Å². The number of alkyl halides is 2. The highest BCUT2D eigenvalue weighted by molar-refractivity contribution is 6.11. The van der Waals surface area contributed by atoms with Gasteiger partial charge >= 0.3 is 0 Å². The van der Waals surface area contributed by atoms with Crippen LogP contribution in [0, 0.1) is 11.3 Å². The van der Waals surface area contributed by atoms with Gasteiger partial charge in [0.1, 0.15) is 5.69 Å². The minimum Gasteiger partial charge on any atom is -0.266 e. The first-order valence-electron chi connectivity index (χ1n) is 11.1. The van der Waals surface area contributed by atoms with Gasteiger partial charge in [-0.3, -0.25) is 9.67 Å². The molecule has 34 heavy (non-hydrogen) atoms. The van der Waals surface area contributed by atoms with Gasteiger partial charge < -0.3 is 0 Å². The molecule has 5 aromatic rings. The summed E-state index contributed by atoms with van der Waals surface area (Å²) >= 11 is 0. The van der Waals surface area contributed by atoms with Crippen LogP contribution in [-0.4, -0.2) is 14.8 Å². The molecule has 0 saturated carbocycles. The molecule has 0 unspecified atom stereocenters. The molecule has 0 saturated heterocycles. The Balaban J connectivity index is 1.72. The first kappa shape index (κ1) is 21.7. The van der Waals surface area contributed by atoms with Crippen LogP contribution in [0.4, 0.5) is 8.78 Å². The Kier molecular flexibility index (Phi) is 5.33. The van der Waals surface area contributed by atoms with Gasteiger partial charge in [-0.15, -0.1) is 0 Å². The fourth-order valence-electron chi connectivity index (χ4n) is 4.49. The molecular weight excluding hydrogens is 430 g/mol. The van der Waals surface area contributed by atoms with Crippen molar-refractivity contribution in [2.24, 2.45) is 7.05 Å². The van der Waals surface area contributed by atoms with Gasteiger partial charge in [0.05, 0.1) is 28.9 Å². The predicted octanol–water partition coefficient (Wildman–Crippen LogP) is 6.56. The van der Waals surface area contributed by atoms with E-state index in [1.165, 1.54) is 12.1 Å². The van der Waals surface area contributed by atoms with E-state index in [2.05, 4.69) is 11.1 Å². The molecule has 0 amide bonds. The van der Waals surface area contributed by atoms with Crippen molar-refractivity contribution in [3.8, 4) is 17.3 Å². The summed E-state index contributed by atoms with van der Waals surface area (Å²) in [6.07, 6.45) is 2.01. The number of hydrogen-bond donors (Lipinski definition) is 0. The average Bonchev–Trinajstić information content (AvgIpc) is 3.20. The van der Waals surface area contributed by atoms with Crippen molar-refractivity contribution >= 4 is 21.8 Å². The molecule has 0 bridgehead atoms. The van der Waals surface area contributed by atoms with Crippen LogP contribution in [0.15, 0.2) is 72.9 Å². The summed E-state index contributed by atoms with van der Waals surface area (Å²) in [5, 5.41) is 15.5. The van der Waals surface area contributed by atoms with Crippen molar-refractivity contribution in [1.82, 2.24) is 14.8 Å². The summed E-state index contributed by atoms with van der Waals surface area (Å²) in [5.74, 6) is -2.99. The van der Waals surface area contributed by atoms with Gasteiger partial charge in [0.25, 0.3) is 5.92 Å². The maximum Gasteiger partial charge on any atom is 0.277 e. The van der Waals surface area contributed by atoms with Crippen molar-refractivity contribution in [2.45, 2.75) is 25.7 Å². The third-order valence-electron chi connectivity index (χ3n) is 6.28. The van der Waals surface area contributed by atoms with E-state index >= 15 is 8.78 Å². The van der Waals surface area contributed by atoms with Crippen LogP contribution in [0.2, 0.25) is 0 Å². The molecule has 0 spiro atoms. The van der Waals surface area contributed by atoms with Crippen molar-refractivity contribution in [1.29, 1.82) is 5.26 Å². The average molecular weight is 453 g/mol. The molecule has 0 radical (unpaired) electrons. The van der Waals surface area contributed by atoms with Crippen LogP contribution < -0.4 is 0 Å². The Bertz CT molecular complexity index is 1550. The number of hydrogen-bond acceptors (Lipinski definition) is 3. The quantitative estimate of drug-likeness (QED) is 0.304.